The number of nitrogens with zero attached hydrogens (tertiary/aromatic N) is 2. The van der Waals surface area contributed by atoms with Gasteiger partial charge in [0.1, 0.15) is 11.4 Å². The van der Waals surface area contributed by atoms with Crippen molar-refractivity contribution in [3.8, 4) is 5.75 Å². The molecule has 0 atom stereocenters. The number of aromatic carboxylic acids is 1. The van der Waals surface area contributed by atoms with E-state index in [1.807, 2.05) is 13.8 Å². The second-order valence-corrected chi connectivity index (χ2v) is 5.54. The average molecular weight is 298 g/mol. The van der Waals surface area contributed by atoms with Crippen molar-refractivity contribution in [1.82, 2.24) is 9.55 Å². The standard InChI is InChI=1S/C16H14N2O4/c1-16(2)7-12(11-8-17-6-5-13(11)22-16)18-9-10(15(20)21)3-4-14(18)19/h3-9H,1-2H3,(H,20,21). The summed E-state index contributed by atoms with van der Waals surface area (Å²) < 4.78 is 7.15. The highest BCUT2D eigenvalue weighted by Gasteiger charge is 2.28. The summed E-state index contributed by atoms with van der Waals surface area (Å²) in [6.07, 6.45) is 6.29. The lowest BCUT2D eigenvalue weighted by Crippen LogP contribution is -2.32. The molecule has 0 unspecified atom stereocenters. The minimum Gasteiger partial charge on any atom is -0.483 e. The molecule has 112 valence electrons. The van der Waals surface area contributed by atoms with Crippen LogP contribution in [0.5, 0.6) is 5.75 Å². The van der Waals surface area contributed by atoms with Crippen molar-refractivity contribution in [3.63, 3.8) is 0 Å². The van der Waals surface area contributed by atoms with Crippen LogP contribution < -0.4 is 10.3 Å². The van der Waals surface area contributed by atoms with Crippen LogP contribution in [0.25, 0.3) is 5.70 Å². The van der Waals surface area contributed by atoms with Gasteiger partial charge in [-0.1, -0.05) is 0 Å². The summed E-state index contributed by atoms with van der Waals surface area (Å²) in [5, 5.41) is 9.12. The topological polar surface area (TPSA) is 81.4 Å². The molecule has 0 saturated heterocycles. The maximum atomic E-state index is 12.2. The van der Waals surface area contributed by atoms with E-state index >= 15 is 0 Å². The molecule has 6 nitrogen and oxygen atoms in total. The summed E-state index contributed by atoms with van der Waals surface area (Å²) in [6.45, 7) is 3.73. The molecule has 0 aliphatic carbocycles. The third kappa shape index (κ3) is 2.39. The Morgan fingerprint density at radius 1 is 1.32 bits per heavy atom. The van der Waals surface area contributed by atoms with E-state index in [1.54, 1.807) is 24.5 Å². The van der Waals surface area contributed by atoms with Gasteiger partial charge in [-0.2, -0.15) is 0 Å². The maximum absolute atomic E-state index is 12.2. The van der Waals surface area contributed by atoms with E-state index in [0.717, 1.165) is 0 Å². The molecule has 3 heterocycles. The fourth-order valence-corrected chi connectivity index (χ4v) is 2.38. The van der Waals surface area contributed by atoms with Gasteiger partial charge in [0, 0.05) is 24.7 Å². The van der Waals surface area contributed by atoms with Gasteiger partial charge in [0.05, 0.1) is 16.8 Å². The summed E-state index contributed by atoms with van der Waals surface area (Å²) in [5.41, 5.74) is 0.306. The lowest BCUT2D eigenvalue weighted by atomic mass is 10.00. The highest BCUT2D eigenvalue weighted by atomic mass is 16.5. The molecule has 1 aliphatic heterocycles. The molecule has 2 aromatic heterocycles. The molecule has 3 rings (SSSR count). The van der Waals surface area contributed by atoms with Crippen LogP contribution in [0, 0.1) is 0 Å². The van der Waals surface area contributed by atoms with Gasteiger partial charge in [-0.05, 0) is 32.1 Å². The molecule has 0 aromatic carbocycles. The quantitative estimate of drug-likeness (QED) is 0.917. The number of carbonyl (C=O) groups is 1. The number of carboxylic acids is 1. The second-order valence-electron chi connectivity index (χ2n) is 5.54. The number of ether oxygens (including phenoxy) is 1. The fourth-order valence-electron chi connectivity index (χ4n) is 2.38. The number of hydrogen-bond acceptors (Lipinski definition) is 4. The maximum Gasteiger partial charge on any atom is 0.337 e. The summed E-state index contributed by atoms with van der Waals surface area (Å²) in [6, 6.07) is 4.25. The predicted molar refractivity (Wildman–Crippen MR) is 80.0 cm³/mol. The van der Waals surface area contributed by atoms with Gasteiger partial charge < -0.3 is 9.84 Å². The van der Waals surface area contributed by atoms with E-state index in [0.29, 0.717) is 17.0 Å². The molecule has 1 aliphatic rings. The number of fused-ring (bicyclic) bond motifs is 1. The van der Waals surface area contributed by atoms with Gasteiger partial charge in [0.2, 0.25) is 0 Å². The van der Waals surface area contributed by atoms with Gasteiger partial charge >= 0.3 is 5.97 Å². The van der Waals surface area contributed by atoms with Crippen LogP contribution in [-0.2, 0) is 0 Å². The molecule has 0 saturated carbocycles. The Morgan fingerprint density at radius 2 is 2.09 bits per heavy atom. The zero-order valence-electron chi connectivity index (χ0n) is 12.1. The third-order valence-electron chi connectivity index (χ3n) is 3.33. The third-order valence-corrected chi connectivity index (χ3v) is 3.33. The highest BCUT2D eigenvalue weighted by molar-refractivity contribution is 5.87. The van der Waals surface area contributed by atoms with Crippen LogP contribution in [0.3, 0.4) is 0 Å². The molecule has 1 N–H and O–H groups in total. The minimum atomic E-state index is -1.09. The van der Waals surface area contributed by atoms with Gasteiger partial charge in [-0.15, -0.1) is 0 Å². The van der Waals surface area contributed by atoms with Gasteiger partial charge in [-0.3, -0.25) is 14.3 Å². The first kappa shape index (κ1) is 14.1. The molecular formula is C16H14N2O4. The van der Waals surface area contributed by atoms with Crippen LogP contribution >= 0.6 is 0 Å². The lowest BCUT2D eigenvalue weighted by molar-refractivity contribution is 0.0696. The highest BCUT2D eigenvalue weighted by Crippen LogP contribution is 2.35. The summed E-state index contributed by atoms with van der Waals surface area (Å²) in [5.74, 6) is -0.489. The Balaban J connectivity index is 2.26. The number of carboxylic acid groups (broad SMARTS) is 1. The first-order chi connectivity index (χ1) is 10.4. The molecule has 6 heteroatoms. The van der Waals surface area contributed by atoms with Crippen molar-refractivity contribution in [2.24, 2.45) is 0 Å². The zero-order chi connectivity index (χ0) is 15.9. The Morgan fingerprint density at radius 3 is 2.82 bits per heavy atom. The molecule has 22 heavy (non-hydrogen) atoms. The van der Waals surface area contributed by atoms with E-state index < -0.39 is 11.6 Å². The van der Waals surface area contributed by atoms with Gasteiger partial charge in [0.25, 0.3) is 5.56 Å². The van der Waals surface area contributed by atoms with Crippen LogP contribution in [-0.4, -0.2) is 26.2 Å². The molecule has 0 bridgehead atoms. The van der Waals surface area contributed by atoms with Gasteiger partial charge in [0.15, 0.2) is 0 Å². The Bertz CT molecular complexity index is 849. The smallest absolute Gasteiger partial charge is 0.337 e. The Labute approximate surface area is 126 Å². The summed E-state index contributed by atoms with van der Waals surface area (Å²) in [4.78, 5) is 27.4. The number of rotatable bonds is 2. The zero-order valence-corrected chi connectivity index (χ0v) is 12.1. The molecule has 0 fully saturated rings. The summed E-state index contributed by atoms with van der Waals surface area (Å²) in [7, 11) is 0. The first-order valence-corrected chi connectivity index (χ1v) is 6.70. The fraction of sp³-hybridized carbons (Fsp3) is 0.188. The van der Waals surface area contributed by atoms with Crippen LogP contribution in [0.4, 0.5) is 0 Å². The molecule has 0 amide bonds. The largest absolute Gasteiger partial charge is 0.483 e. The van der Waals surface area contributed by atoms with Crippen molar-refractivity contribution < 1.29 is 14.6 Å². The van der Waals surface area contributed by atoms with E-state index in [1.165, 1.54) is 22.9 Å². The minimum absolute atomic E-state index is 0.0373. The number of aromatic nitrogens is 2. The van der Waals surface area contributed by atoms with Crippen molar-refractivity contribution in [3.05, 3.63) is 64.3 Å². The van der Waals surface area contributed by atoms with Crippen molar-refractivity contribution in [2.75, 3.05) is 0 Å². The van der Waals surface area contributed by atoms with E-state index in [9.17, 15) is 9.59 Å². The first-order valence-electron chi connectivity index (χ1n) is 6.70. The van der Waals surface area contributed by atoms with Gasteiger partial charge in [-0.25, -0.2) is 4.79 Å². The second kappa shape index (κ2) is 4.84. The lowest BCUT2D eigenvalue weighted by Gasteiger charge is -2.31. The van der Waals surface area contributed by atoms with Crippen LogP contribution in [0.2, 0.25) is 0 Å². The van der Waals surface area contributed by atoms with E-state index in [4.69, 9.17) is 9.84 Å². The van der Waals surface area contributed by atoms with Crippen LogP contribution in [0.15, 0.2) is 47.7 Å². The Kier molecular flexibility index (Phi) is 3.09. The van der Waals surface area contributed by atoms with E-state index in [-0.39, 0.29) is 11.1 Å². The summed E-state index contributed by atoms with van der Waals surface area (Å²) >= 11 is 0. The number of pyridine rings is 2. The number of hydrogen-bond donors (Lipinski definition) is 1. The molecule has 0 spiro atoms. The average Bonchev–Trinajstić information content (AvgIpc) is 2.45. The Hall–Kier alpha value is -2.89. The van der Waals surface area contributed by atoms with E-state index in [2.05, 4.69) is 4.98 Å². The normalized spacial score (nSPS) is 15.5. The molecule has 2 aromatic rings. The SMILES string of the molecule is CC1(C)C=C(n2cc(C(=O)O)ccc2=O)c2cnccc2O1. The molecular weight excluding hydrogens is 284 g/mol. The van der Waals surface area contributed by atoms with Crippen molar-refractivity contribution >= 4 is 11.7 Å². The predicted octanol–water partition coefficient (Wildman–Crippen LogP) is 2.00. The van der Waals surface area contributed by atoms with Crippen molar-refractivity contribution in [2.45, 2.75) is 19.4 Å². The molecule has 0 radical (unpaired) electrons. The van der Waals surface area contributed by atoms with Crippen molar-refractivity contribution in [1.29, 1.82) is 0 Å². The van der Waals surface area contributed by atoms with Crippen LogP contribution in [0.1, 0.15) is 29.8 Å². The monoisotopic (exact) mass is 298 g/mol.